The Morgan fingerprint density at radius 1 is 1.24 bits per heavy atom. The van der Waals surface area contributed by atoms with Crippen LogP contribution in [-0.2, 0) is 18.4 Å². The SMILES string of the molecule is COc1cn([C@@H]2O[C@H](COP(=O)(O)C(F)(F)P(=O)(O)O)[C@@H](O)[C@H]2O)c(=O)[nH]c1=O. The second kappa shape index (κ2) is 7.98. The van der Waals surface area contributed by atoms with Crippen molar-refractivity contribution in [3.63, 3.8) is 0 Å². The van der Waals surface area contributed by atoms with Gasteiger partial charge >= 0.3 is 26.3 Å². The van der Waals surface area contributed by atoms with Crippen molar-refractivity contribution in [3.05, 3.63) is 27.0 Å². The highest BCUT2D eigenvalue weighted by Crippen LogP contribution is 2.73. The normalized spacial score (nSPS) is 27.6. The summed E-state index contributed by atoms with van der Waals surface area (Å²) >= 11 is 0. The van der Waals surface area contributed by atoms with Crippen LogP contribution >= 0.6 is 15.2 Å². The fraction of sp³-hybridized carbons (Fsp3) is 0.636. The summed E-state index contributed by atoms with van der Waals surface area (Å²) in [6.07, 6.45) is -6.47. The van der Waals surface area contributed by atoms with E-state index in [-0.39, 0.29) is 5.75 Å². The molecule has 18 heteroatoms. The molecule has 0 aliphatic carbocycles. The molecule has 1 unspecified atom stereocenters. The molecule has 0 amide bonds. The molecule has 6 N–H and O–H groups in total. The molecule has 2 rings (SSSR count). The fourth-order valence-corrected chi connectivity index (χ4v) is 4.31. The maximum atomic E-state index is 13.4. The predicted octanol–water partition coefficient (Wildman–Crippen LogP) is -1.91. The van der Waals surface area contributed by atoms with E-state index in [2.05, 4.69) is 4.52 Å². The monoisotopic (exact) mass is 468 g/mol. The summed E-state index contributed by atoms with van der Waals surface area (Å²) in [5.41, 5.74) is -2.02. The molecular weight excluding hydrogens is 452 g/mol. The first-order valence-corrected chi connectivity index (χ1v) is 10.6. The van der Waals surface area contributed by atoms with Crippen LogP contribution in [0.5, 0.6) is 5.75 Å². The third kappa shape index (κ3) is 4.35. The minimum absolute atomic E-state index is 0.379. The van der Waals surface area contributed by atoms with Gasteiger partial charge in [-0.2, -0.15) is 8.78 Å². The summed E-state index contributed by atoms with van der Waals surface area (Å²) in [6, 6.07) is 0. The summed E-state index contributed by atoms with van der Waals surface area (Å²) in [4.78, 5) is 51.4. The zero-order valence-electron chi connectivity index (χ0n) is 14.3. The number of H-pyrrole nitrogens is 1. The summed E-state index contributed by atoms with van der Waals surface area (Å²) < 4.78 is 63.5. The maximum Gasteiger partial charge on any atom is 0.443 e. The number of halogens is 2. The number of nitrogens with zero attached hydrogens (tertiary/aromatic N) is 1. The topological polar surface area (TPSA) is 218 Å². The van der Waals surface area contributed by atoms with E-state index < -0.39 is 63.0 Å². The summed E-state index contributed by atoms with van der Waals surface area (Å²) in [7, 11) is -11.5. The number of aromatic amines is 1. The van der Waals surface area contributed by atoms with Gasteiger partial charge in [-0.15, -0.1) is 0 Å². The van der Waals surface area contributed by atoms with E-state index in [0.29, 0.717) is 4.57 Å². The van der Waals surface area contributed by atoms with Gasteiger partial charge in [0.2, 0.25) is 5.75 Å². The molecule has 166 valence electrons. The van der Waals surface area contributed by atoms with Crippen LogP contribution in [0, 0.1) is 0 Å². The smallest absolute Gasteiger partial charge is 0.443 e. The van der Waals surface area contributed by atoms with Gasteiger partial charge in [-0.1, -0.05) is 0 Å². The van der Waals surface area contributed by atoms with Gasteiger partial charge in [0.25, 0.3) is 5.56 Å². The molecule has 1 aliphatic rings. The van der Waals surface area contributed by atoms with Crippen molar-refractivity contribution in [2.24, 2.45) is 0 Å². The zero-order valence-corrected chi connectivity index (χ0v) is 16.1. The number of aliphatic hydroxyl groups is 2. The zero-order chi connectivity index (χ0) is 22.4. The highest BCUT2D eigenvalue weighted by Gasteiger charge is 2.65. The lowest BCUT2D eigenvalue weighted by Crippen LogP contribution is -2.38. The van der Waals surface area contributed by atoms with Gasteiger partial charge in [-0.05, 0) is 0 Å². The van der Waals surface area contributed by atoms with E-state index >= 15 is 0 Å². The van der Waals surface area contributed by atoms with E-state index in [4.69, 9.17) is 19.3 Å². The molecule has 0 bridgehead atoms. The Morgan fingerprint density at radius 2 is 1.83 bits per heavy atom. The highest BCUT2D eigenvalue weighted by atomic mass is 31.2. The highest BCUT2D eigenvalue weighted by molar-refractivity contribution is 7.72. The number of methoxy groups -OCH3 is 1. The Bertz CT molecular complexity index is 973. The Morgan fingerprint density at radius 3 is 2.34 bits per heavy atom. The van der Waals surface area contributed by atoms with Gasteiger partial charge in [0.15, 0.2) is 6.23 Å². The molecule has 1 fully saturated rings. The number of hydrogen-bond acceptors (Lipinski definition) is 9. The molecule has 29 heavy (non-hydrogen) atoms. The average Bonchev–Trinajstić information content (AvgIpc) is 2.87. The first-order chi connectivity index (χ1) is 13.1. The summed E-state index contributed by atoms with van der Waals surface area (Å²) in [5.74, 6) is -0.379. The first-order valence-electron chi connectivity index (χ1n) is 7.46. The van der Waals surface area contributed by atoms with Crippen LogP contribution in [0.2, 0.25) is 0 Å². The molecule has 1 aromatic heterocycles. The lowest BCUT2D eigenvalue weighted by atomic mass is 10.1. The molecule has 0 radical (unpaired) electrons. The Hall–Kier alpha value is -1.48. The van der Waals surface area contributed by atoms with Crippen LogP contribution < -0.4 is 16.0 Å². The van der Waals surface area contributed by atoms with Crippen molar-refractivity contribution >= 4 is 15.2 Å². The lowest BCUT2D eigenvalue weighted by molar-refractivity contribution is -0.0548. The van der Waals surface area contributed by atoms with E-state index in [1.165, 1.54) is 0 Å². The standard InChI is InChI=1S/C11H16F2N2O12P2/c1-25-4-2-15(10(19)14-8(4)18)9-7(17)6(16)5(27-9)3-26-29(23,24)11(12,13)28(20,21)22/h2,5-7,9,16-17H,3H2,1H3,(H,23,24)(H,14,18,19)(H2,20,21,22)/t5-,6-,7-,9-/m1/s1. The van der Waals surface area contributed by atoms with Gasteiger partial charge in [-0.25, -0.2) is 4.79 Å². The van der Waals surface area contributed by atoms with E-state index in [1.807, 2.05) is 4.98 Å². The van der Waals surface area contributed by atoms with Gasteiger partial charge < -0.3 is 38.9 Å². The van der Waals surface area contributed by atoms with Crippen molar-refractivity contribution in [2.45, 2.75) is 29.9 Å². The van der Waals surface area contributed by atoms with Crippen LogP contribution in [0.15, 0.2) is 15.8 Å². The van der Waals surface area contributed by atoms with Crippen molar-refractivity contribution in [2.75, 3.05) is 13.7 Å². The number of aromatic nitrogens is 2. The first kappa shape index (κ1) is 23.8. The number of ether oxygens (including phenoxy) is 2. The molecule has 0 aromatic carbocycles. The molecule has 0 spiro atoms. The van der Waals surface area contributed by atoms with Crippen LogP contribution in [-0.4, -0.2) is 71.9 Å². The van der Waals surface area contributed by atoms with Crippen LogP contribution in [0.1, 0.15) is 6.23 Å². The molecule has 0 saturated carbocycles. The fourth-order valence-electron chi connectivity index (χ4n) is 2.31. The number of alkyl halides is 2. The summed E-state index contributed by atoms with van der Waals surface area (Å²) in [5, 5.41) is 14.5. The minimum atomic E-state index is -6.38. The molecule has 1 saturated heterocycles. The van der Waals surface area contributed by atoms with Crippen LogP contribution in [0.4, 0.5) is 8.78 Å². The molecule has 2 heterocycles. The third-order valence-electron chi connectivity index (χ3n) is 3.87. The van der Waals surface area contributed by atoms with E-state index in [1.54, 1.807) is 0 Å². The number of rotatable bonds is 7. The van der Waals surface area contributed by atoms with Gasteiger partial charge in [0.05, 0.1) is 19.9 Å². The van der Waals surface area contributed by atoms with Crippen molar-refractivity contribution in [3.8, 4) is 5.75 Å². The minimum Gasteiger partial charge on any atom is -0.490 e. The molecule has 5 atom stereocenters. The number of hydrogen-bond donors (Lipinski definition) is 6. The quantitative estimate of drug-likeness (QED) is 0.242. The van der Waals surface area contributed by atoms with E-state index in [0.717, 1.165) is 13.3 Å². The second-order valence-corrected chi connectivity index (χ2v) is 9.64. The second-order valence-electron chi connectivity index (χ2n) is 5.78. The Kier molecular flexibility index (Phi) is 6.55. The van der Waals surface area contributed by atoms with Crippen molar-refractivity contribution < 1.29 is 56.8 Å². The average molecular weight is 468 g/mol. The van der Waals surface area contributed by atoms with Crippen molar-refractivity contribution in [1.29, 1.82) is 0 Å². The van der Waals surface area contributed by atoms with Gasteiger partial charge in [-0.3, -0.25) is 23.5 Å². The van der Waals surface area contributed by atoms with Crippen molar-refractivity contribution in [1.82, 2.24) is 9.55 Å². The molecule has 1 aliphatic heterocycles. The van der Waals surface area contributed by atoms with Crippen LogP contribution in [0.3, 0.4) is 0 Å². The largest absolute Gasteiger partial charge is 0.490 e. The Labute approximate surface area is 159 Å². The number of aliphatic hydroxyl groups excluding tert-OH is 2. The summed E-state index contributed by atoms with van der Waals surface area (Å²) in [6.45, 7) is -1.31. The maximum absolute atomic E-state index is 13.4. The Balaban J connectivity index is 2.23. The molecular formula is C11H16F2N2O12P2. The third-order valence-corrected chi connectivity index (χ3v) is 7.29. The van der Waals surface area contributed by atoms with E-state index in [9.17, 15) is 42.6 Å². The van der Waals surface area contributed by atoms with Crippen LogP contribution in [0.25, 0.3) is 0 Å². The lowest BCUT2D eigenvalue weighted by Gasteiger charge is -2.24. The number of nitrogens with one attached hydrogen (secondary N) is 1. The van der Waals surface area contributed by atoms with Gasteiger partial charge in [0.1, 0.15) is 18.3 Å². The molecule has 1 aromatic rings. The predicted molar refractivity (Wildman–Crippen MR) is 86.6 cm³/mol. The van der Waals surface area contributed by atoms with Gasteiger partial charge in [0, 0.05) is 0 Å². The molecule has 14 nitrogen and oxygen atoms in total.